The van der Waals surface area contributed by atoms with Crippen molar-refractivity contribution in [3.8, 4) is 0 Å². The summed E-state index contributed by atoms with van der Waals surface area (Å²) >= 11 is 0. The second-order valence-electron chi connectivity index (χ2n) is 2.86. The van der Waals surface area contributed by atoms with Crippen LogP contribution in [0.15, 0.2) is 0 Å². The van der Waals surface area contributed by atoms with Crippen molar-refractivity contribution in [2.24, 2.45) is 11.5 Å². The highest BCUT2D eigenvalue weighted by molar-refractivity contribution is 4.91. The highest BCUT2D eigenvalue weighted by atomic mass is 16.6. The third kappa shape index (κ3) is 1.58. The Morgan fingerprint density at radius 2 is 1.75 bits per heavy atom. The highest BCUT2D eigenvalue weighted by Crippen LogP contribution is 2.17. The third-order valence-electron chi connectivity index (χ3n) is 2.00. The molecule has 0 aromatic rings. The summed E-state index contributed by atoms with van der Waals surface area (Å²) < 4.78 is 4.83. The van der Waals surface area contributed by atoms with Gasteiger partial charge in [0.05, 0.1) is 6.04 Å². The lowest BCUT2D eigenvalue weighted by atomic mass is 9.98. The molecule has 1 heterocycles. The van der Waals surface area contributed by atoms with E-state index >= 15 is 0 Å². The van der Waals surface area contributed by atoms with Crippen molar-refractivity contribution in [3.63, 3.8) is 0 Å². The van der Waals surface area contributed by atoms with Gasteiger partial charge in [-0.1, -0.05) is 0 Å². The van der Waals surface area contributed by atoms with Crippen molar-refractivity contribution < 1.29 is 20.1 Å². The molecule has 0 aromatic heterocycles. The first-order valence-electron chi connectivity index (χ1n) is 3.73. The van der Waals surface area contributed by atoms with Gasteiger partial charge in [0, 0.05) is 6.54 Å². The summed E-state index contributed by atoms with van der Waals surface area (Å²) in [7, 11) is 0. The monoisotopic (exact) mass is 178 g/mol. The maximum Gasteiger partial charge on any atom is 0.172 e. The summed E-state index contributed by atoms with van der Waals surface area (Å²) in [6.45, 7) is 0.0298. The second kappa shape index (κ2) is 3.65. The topological polar surface area (TPSA) is 122 Å². The standard InChI is InChI=1S/C6H14N2O4/c7-1-2-4(9)5(10)3(8)6(11)12-2/h2-6,9-11H,1,7-8H2/t2-,3+,4+,5+,6-/m1/s1. The van der Waals surface area contributed by atoms with Gasteiger partial charge >= 0.3 is 0 Å². The Morgan fingerprint density at radius 1 is 1.17 bits per heavy atom. The van der Waals surface area contributed by atoms with E-state index < -0.39 is 30.6 Å². The van der Waals surface area contributed by atoms with Gasteiger partial charge in [-0.25, -0.2) is 0 Å². The number of rotatable bonds is 1. The van der Waals surface area contributed by atoms with Gasteiger partial charge < -0.3 is 31.5 Å². The summed E-state index contributed by atoms with van der Waals surface area (Å²) in [4.78, 5) is 0. The van der Waals surface area contributed by atoms with Gasteiger partial charge in [0.1, 0.15) is 18.3 Å². The van der Waals surface area contributed by atoms with Gasteiger partial charge in [0.2, 0.25) is 0 Å². The van der Waals surface area contributed by atoms with E-state index in [9.17, 15) is 10.2 Å². The number of hydrogen-bond acceptors (Lipinski definition) is 6. The number of aliphatic hydroxyl groups is 3. The van der Waals surface area contributed by atoms with E-state index in [0.717, 1.165) is 0 Å². The van der Waals surface area contributed by atoms with Crippen molar-refractivity contribution in [2.45, 2.75) is 30.6 Å². The molecule has 0 bridgehead atoms. The normalized spacial score (nSPS) is 49.2. The minimum atomic E-state index is -1.27. The summed E-state index contributed by atoms with van der Waals surface area (Å²) in [6, 6.07) is -0.984. The lowest BCUT2D eigenvalue weighted by Gasteiger charge is -2.38. The van der Waals surface area contributed by atoms with Gasteiger partial charge in [-0.2, -0.15) is 0 Å². The number of hydrogen-bond donors (Lipinski definition) is 5. The molecule has 72 valence electrons. The lowest BCUT2D eigenvalue weighted by Crippen LogP contribution is -2.62. The number of ether oxygens (including phenoxy) is 1. The van der Waals surface area contributed by atoms with E-state index in [4.69, 9.17) is 21.3 Å². The van der Waals surface area contributed by atoms with E-state index in [1.54, 1.807) is 0 Å². The first-order chi connectivity index (χ1) is 5.57. The first kappa shape index (κ1) is 9.85. The van der Waals surface area contributed by atoms with Crippen LogP contribution in [0.25, 0.3) is 0 Å². The van der Waals surface area contributed by atoms with Crippen LogP contribution in [0.1, 0.15) is 0 Å². The van der Waals surface area contributed by atoms with Crippen LogP contribution in [0.3, 0.4) is 0 Å². The van der Waals surface area contributed by atoms with Crippen molar-refractivity contribution in [1.82, 2.24) is 0 Å². The zero-order valence-electron chi connectivity index (χ0n) is 6.50. The van der Waals surface area contributed by atoms with Crippen molar-refractivity contribution in [1.29, 1.82) is 0 Å². The van der Waals surface area contributed by atoms with Crippen LogP contribution < -0.4 is 11.5 Å². The minimum absolute atomic E-state index is 0.0298. The van der Waals surface area contributed by atoms with Crippen LogP contribution in [-0.2, 0) is 4.74 Å². The minimum Gasteiger partial charge on any atom is -0.388 e. The van der Waals surface area contributed by atoms with Crippen LogP contribution in [0.2, 0.25) is 0 Å². The largest absolute Gasteiger partial charge is 0.388 e. The van der Waals surface area contributed by atoms with Crippen LogP contribution in [0, 0.1) is 0 Å². The summed E-state index contributed by atoms with van der Waals surface area (Å²) in [5.41, 5.74) is 10.5. The Hall–Kier alpha value is -0.240. The molecule has 0 spiro atoms. The molecule has 6 heteroatoms. The maximum atomic E-state index is 9.28. The molecule has 0 unspecified atom stereocenters. The number of nitrogens with two attached hydrogens (primary N) is 2. The molecule has 1 aliphatic rings. The zero-order chi connectivity index (χ0) is 9.30. The van der Waals surface area contributed by atoms with Gasteiger partial charge in [-0.05, 0) is 0 Å². The maximum absolute atomic E-state index is 9.28. The van der Waals surface area contributed by atoms with Crippen molar-refractivity contribution >= 4 is 0 Å². The first-order valence-corrected chi connectivity index (χ1v) is 3.73. The van der Waals surface area contributed by atoms with Gasteiger partial charge in [0.15, 0.2) is 6.29 Å². The van der Waals surface area contributed by atoms with Crippen LogP contribution >= 0.6 is 0 Å². The van der Waals surface area contributed by atoms with Crippen LogP contribution in [-0.4, -0.2) is 52.5 Å². The quantitative estimate of drug-likeness (QED) is 0.287. The Morgan fingerprint density at radius 3 is 2.25 bits per heavy atom. The average molecular weight is 178 g/mol. The molecule has 0 saturated carbocycles. The lowest BCUT2D eigenvalue weighted by molar-refractivity contribution is -0.238. The second-order valence-corrected chi connectivity index (χ2v) is 2.86. The molecule has 7 N–H and O–H groups in total. The molecule has 1 aliphatic heterocycles. The predicted molar refractivity (Wildman–Crippen MR) is 39.9 cm³/mol. The summed E-state index contributed by atoms with van der Waals surface area (Å²) in [5.74, 6) is 0. The highest BCUT2D eigenvalue weighted by Gasteiger charge is 2.41. The van der Waals surface area contributed by atoms with Crippen molar-refractivity contribution in [3.05, 3.63) is 0 Å². The van der Waals surface area contributed by atoms with E-state index in [-0.39, 0.29) is 6.54 Å². The molecular formula is C6H14N2O4. The molecule has 6 nitrogen and oxygen atoms in total. The number of aliphatic hydroxyl groups excluding tert-OH is 3. The fourth-order valence-corrected chi connectivity index (χ4v) is 1.16. The Balaban J connectivity index is 2.63. The SMILES string of the molecule is NC[C@H]1O[C@@H](O)[C@@H](N)[C@H](O)[C@H]1O. The van der Waals surface area contributed by atoms with Crippen LogP contribution in [0.5, 0.6) is 0 Å². The molecule has 0 aliphatic carbocycles. The smallest absolute Gasteiger partial charge is 0.172 e. The molecule has 0 amide bonds. The van der Waals surface area contributed by atoms with Gasteiger partial charge in [0.25, 0.3) is 0 Å². The van der Waals surface area contributed by atoms with Crippen molar-refractivity contribution in [2.75, 3.05) is 6.54 Å². The molecule has 1 fully saturated rings. The van der Waals surface area contributed by atoms with E-state index in [1.807, 2.05) is 0 Å². The van der Waals surface area contributed by atoms with Crippen LogP contribution in [0.4, 0.5) is 0 Å². The molecule has 0 radical (unpaired) electrons. The molecular weight excluding hydrogens is 164 g/mol. The summed E-state index contributed by atoms with van der Waals surface area (Å²) in [6.07, 6.45) is -4.34. The van der Waals surface area contributed by atoms with E-state index in [1.165, 1.54) is 0 Å². The average Bonchev–Trinajstić information content (AvgIpc) is 2.08. The predicted octanol–water partition coefficient (Wildman–Crippen LogP) is -3.29. The Bertz CT molecular complexity index is 152. The third-order valence-corrected chi connectivity index (χ3v) is 2.00. The van der Waals surface area contributed by atoms with E-state index in [0.29, 0.717) is 0 Å². The molecule has 5 atom stereocenters. The molecule has 1 saturated heterocycles. The fourth-order valence-electron chi connectivity index (χ4n) is 1.16. The fraction of sp³-hybridized carbons (Fsp3) is 1.00. The van der Waals surface area contributed by atoms with Gasteiger partial charge in [-0.3, -0.25) is 0 Å². The Labute approximate surface area is 69.7 Å². The molecule has 0 aromatic carbocycles. The Kier molecular flexibility index (Phi) is 2.99. The summed E-state index contributed by atoms with van der Waals surface area (Å²) in [5, 5.41) is 27.6. The molecule has 1 rings (SSSR count). The zero-order valence-corrected chi connectivity index (χ0v) is 6.50. The van der Waals surface area contributed by atoms with E-state index in [2.05, 4.69) is 0 Å². The van der Waals surface area contributed by atoms with Gasteiger partial charge in [-0.15, -0.1) is 0 Å². The molecule has 12 heavy (non-hydrogen) atoms.